The van der Waals surface area contributed by atoms with Gasteiger partial charge in [0.15, 0.2) is 0 Å². The lowest BCUT2D eigenvalue weighted by Crippen LogP contribution is -2.06. The average molecular weight is 235 g/mol. The summed E-state index contributed by atoms with van der Waals surface area (Å²) in [7, 11) is 5.29. The van der Waals surface area contributed by atoms with Gasteiger partial charge in [-0.25, -0.2) is 0 Å². The quantitative estimate of drug-likeness (QED) is 0.769. The Kier molecular flexibility index (Phi) is 5.57. The lowest BCUT2D eigenvalue weighted by molar-refractivity contribution is 0.394. The molecule has 94 valence electrons. The molecule has 0 aromatic heterocycles. The number of ether oxygens (including phenoxy) is 2. The van der Waals surface area contributed by atoms with Gasteiger partial charge in [0.25, 0.3) is 0 Å². The van der Waals surface area contributed by atoms with Crippen molar-refractivity contribution in [2.75, 3.05) is 27.8 Å². The van der Waals surface area contributed by atoms with Crippen LogP contribution in [0, 0.1) is 0 Å². The number of rotatable bonds is 6. The molecule has 1 aromatic carbocycles. The molecule has 0 aliphatic rings. The highest BCUT2D eigenvalue weighted by Gasteiger charge is 2.03. The summed E-state index contributed by atoms with van der Waals surface area (Å²) in [5, 5.41) is 3.13. The number of hydrogen-bond donors (Lipinski definition) is 1. The fourth-order valence-electron chi connectivity index (χ4n) is 1.59. The molecule has 1 rings (SSSR count). The van der Waals surface area contributed by atoms with Crippen molar-refractivity contribution in [3.05, 3.63) is 29.8 Å². The molecule has 3 nitrogen and oxygen atoms in total. The zero-order valence-corrected chi connectivity index (χ0v) is 11.0. The Hall–Kier alpha value is -1.48. The lowest BCUT2D eigenvalue weighted by Gasteiger charge is -2.09. The first-order valence-corrected chi connectivity index (χ1v) is 5.76. The van der Waals surface area contributed by atoms with Crippen LogP contribution in [0.2, 0.25) is 0 Å². The Morgan fingerprint density at radius 2 is 1.76 bits per heavy atom. The molecule has 1 N–H and O–H groups in total. The van der Waals surface area contributed by atoms with Crippen molar-refractivity contribution in [2.45, 2.75) is 13.3 Å². The minimum Gasteiger partial charge on any atom is -0.497 e. The second-order valence-electron chi connectivity index (χ2n) is 3.88. The Balaban J connectivity index is 2.91. The molecule has 0 bridgehead atoms. The van der Waals surface area contributed by atoms with E-state index in [1.807, 2.05) is 25.2 Å². The predicted molar refractivity (Wildman–Crippen MR) is 71.7 cm³/mol. The van der Waals surface area contributed by atoms with Gasteiger partial charge in [0.1, 0.15) is 11.5 Å². The summed E-state index contributed by atoms with van der Waals surface area (Å²) in [5.41, 5.74) is 2.37. The summed E-state index contributed by atoms with van der Waals surface area (Å²) >= 11 is 0. The summed E-state index contributed by atoms with van der Waals surface area (Å²) in [6.07, 6.45) is 3.23. The van der Waals surface area contributed by atoms with Gasteiger partial charge in [-0.15, -0.1) is 0 Å². The first kappa shape index (κ1) is 13.6. The van der Waals surface area contributed by atoms with Gasteiger partial charge < -0.3 is 14.8 Å². The summed E-state index contributed by atoms with van der Waals surface area (Å²) in [6, 6.07) is 5.92. The van der Waals surface area contributed by atoms with Crippen LogP contribution < -0.4 is 14.8 Å². The molecule has 0 saturated carbocycles. The molecule has 0 heterocycles. The smallest absolute Gasteiger partial charge is 0.123 e. The maximum atomic E-state index is 5.25. The van der Waals surface area contributed by atoms with Crippen molar-refractivity contribution in [3.8, 4) is 11.5 Å². The summed E-state index contributed by atoms with van der Waals surface area (Å²) < 4.78 is 10.5. The molecule has 0 aliphatic heterocycles. The third-order valence-corrected chi connectivity index (χ3v) is 2.65. The van der Waals surface area contributed by atoms with Crippen LogP contribution in [0.3, 0.4) is 0 Å². The Labute approximate surface area is 103 Å². The van der Waals surface area contributed by atoms with Crippen LogP contribution in [0.1, 0.15) is 18.9 Å². The van der Waals surface area contributed by atoms with Crippen LogP contribution in [0.25, 0.3) is 5.57 Å². The molecule has 0 aliphatic carbocycles. The zero-order chi connectivity index (χ0) is 12.7. The lowest BCUT2D eigenvalue weighted by atomic mass is 10.1. The molecule has 0 unspecified atom stereocenters. The molecule has 1 aromatic rings. The van der Waals surface area contributed by atoms with E-state index in [4.69, 9.17) is 9.47 Å². The second-order valence-corrected chi connectivity index (χ2v) is 3.88. The van der Waals surface area contributed by atoms with Crippen molar-refractivity contribution in [2.24, 2.45) is 0 Å². The Morgan fingerprint density at radius 3 is 2.24 bits per heavy atom. The second kappa shape index (κ2) is 6.97. The largest absolute Gasteiger partial charge is 0.497 e. The van der Waals surface area contributed by atoms with Gasteiger partial charge in [-0.3, -0.25) is 0 Å². The molecule has 0 fully saturated rings. The van der Waals surface area contributed by atoms with E-state index in [-0.39, 0.29) is 0 Å². The SMILES string of the molecule is CNCCC=C(C)c1cc(OC)cc(OC)c1. The minimum absolute atomic E-state index is 0.820. The summed E-state index contributed by atoms with van der Waals surface area (Å²) in [6.45, 7) is 3.09. The van der Waals surface area contributed by atoms with Crippen molar-refractivity contribution < 1.29 is 9.47 Å². The van der Waals surface area contributed by atoms with Crippen LogP contribution in [0.4, 0.5) is 0 Å². The molecule has 3 heteroatoms. The van der Waals surface area contributed by atoms with E-state index in [0.717, 1.165) is 30.0 Å². The predicted octanol–water partition coefficient (Wildman–Crippen LogP) is 2.72. The minimum atomic E-state index is 0.820. The van der Waals surface area contributed by atoms with Crippen molar-refractivity contribution in [3.63, 3.8) is 0 Å². The Bertz CT molecular complexity index is 364. The van der Waals surface area contributed by atoms with E-state index < -0.39 is 0 Å². The molecule has 0 spiro atoms. The van der Waals surface area contributed by atoms with Crippen molar-refractivity contribution in [1.82, 2.24) is 5.32 Å². The van der Waals surface area contributed by atoms with Crippen LogP contribution in [-0.2, 0) is 0 Å². The molecular formula is C14H21NO2. The topological polar surface area (TPSA) is 30.5 Å². The van der Waals surface area contributed by atoms with E-state index in [0.29, 0.717) is 0 Å². The van der Waals surface area contributed by atoms with Crippen molar-refractivity contribution in [1.29, 1.82) is 0 Å². The molecular weight excluding hydrogens is 214 g/mol. The van der Waals surface area contributed by atoms with E-state index in [9.17, 15) is 0 Å². The molecule has 0 radical (unpaired) electrons. The highest BCUT2D eigenvalue weighted by atomic mass is 16.5. The van der Waals surface area contributed by atoms with Gasteiger partial charge in [0.2, 0.25) is 0 Å². The number of benzene rings is 1. The van der Waals surface area contributed by atoms with Crippen LogP contribution in [-0.4, -0.2) is 27.8 Å². The van der Waals surface area contributed by atoms with E-state index >= 15 is 0 Å². The number of nitrogens with one attached hydrogen (secondary N) is 1. The molecule has 17 heavy (non-hydrogen) atoms. The van der Waals surface area contributed by atoms with E-state index in [2.05, 4.69) is 18.3 Å². The van der Waals surface area contributed by atoms with Gasteiger partial charge in [0, 0.05) is 6.07 Å². The van der Waals surface area contributed by atoms with Gasteiger partial charge in [-0.2, -0.15) is 0 Å². The van der Waals surface area contributed by atoms with Gasteiger partial charge >= 0.3 is 0 Å². The van der Waals surface area contributed by atoms with Crippen LogP contribution >= 0.6 is 0 Å². The summed E-state index contributed by atoms with van der Waals surface area (Å²) in [5.74, 6) is 1.64. The average Bonchev–Trinajstić information content (AvgIpc) is 2.38. The van der Waals surface area contributed by atoms with Gasteiger partial charge in [-0.1, -0.05) is 6.08 Å². The maximum absolute atomic E-state index is 5.25. The van der Waals surface area contributed by atoms with Gasteiger partial charge in [-0.05, 0) is 50.2 Å². The molecule has 0 saturated heterocycles. The molecule has 0 atom stereocenters. The summed E-state index contributed by atoms with van der Waals surface area (Å²) in [4.78, 5) is 0. The first-order valence-electron chi connectivity index (χ1n) is 5.76. The fraction of sp³-hybridized carbons (Fsp3) is 0.429. The normalized spacial score (nSPS) is 11.4. The first-order chi connectivity index (χ1) is 8.21. The standard InChI is InChI=1S/C14H21NO2/c1-11(6-5-7-15-2)12-8-13(16-3)10-14(9-12)17-4/h6,8-10,15H,5,7H2,1-4H3. The van der Waals surface area contributed by atoms with Crippen LogP contribution in [0.15, 0.2) is 24.3 Å². The highest BCUT2D eigenvalue weighted by Crippen LogP contribution is 2.26. The van der Waals surface area contributed by atoms with Gasteiger partial charge in [0.05, 0.1) is 14.2 Å². The monoisotopic (exact) mass is 235 g/mol. The third-order valence-electron chi connectivity index (χ3n) is 2.65. The highest BCUT2D eigenvalue weighted by molar-refractivity contribution is 5.66. The number of allylic oxidation sites excluding steroid dienone is 1. The van der Waals surface area contributed by atoms with Crippen LogP contribution in [0.5, 0.6) is 11.5 Å². The van der Waals surface area contributed by atoms with E-state index in [1.54, 1.807) is 14.2 Å². The molecule has 0 amide bonds. The zero-order valence-electron chi connectivity index (χ0n) is 11.0. The number of methoxy groups -OCH3 is 2. The number of hydrogen-bond acceptors (Lipinski definition) is 3. The maximum Gasteiger partial charge on any atom is 0.123 e. The van der Waals surface area contributed by atoms with Crippen molar-refractivity contribution >= 4 is 5.57 Å². The third kappa shape index (κ3) is 4.11. The fourth-order valence-corrected chi connectivity index (χ4v) is 1.59. The Morgan fingerprint density at radius 1 is 1.18 bits per heavy atom. The van der Waals surface area contributed by atoms with E-state index in [1.165, 1.54) is 5.57 Å².